The van der Waals surface area contributed by atoms with Crippen LogP contribution in [-0.2, 0) is 24.3 Å². The van der Waals surface area contributed by atoms with Crippen LogP contribution in [-0.4, -0.2) is 61.6 Å². The monoisotopic (exact) mass is 422 g/mol. The summed E-state index contributed by atoms with van der Waals surface area (Å²) in [5.74, 6) is -0.963. The smallest absolute Gasteiger partial charge is 0.338 e. The standard InChI is InChI=1S/C20H26N2O6S/c1-14-10-15(2)12-21(11-14)29(26,27)17-7-5-16(6-8-17)20(25)28-13-19(24)22-9-3-4-18(22)23/h5-8,14-15H,3-4,9-13H2,1-2H3/t14-,15-/m0/s1. The van der Waals surface area contributed by atoms with E-state index in [0.29, 0.717) is 44.3 Å². The van der Waals surface area contributed by atoms with Gasteiger partial charge in [-0.15, -0.1) is 0 Å². The molecule has 2 atom stereocenters. The Kier molecular flexibility index (Phi) is 6.38. The minimum atomic E-state index is -3.63. The highest BCUT2D eigenvalue weighted by Gasteiger charge is 2.32. The molecule has 0 aromatic heterocycles. The van der Waals surface area contributed by atoms with Gasteiger partial charge in [0.15, 0.2) is 6.61 Å². The van der Waals surface area contributed by atoms with Crippen molar-refractivity contribution in [3.05, 3.63) is 29.8 Å². The highest BCUT2D eigenvalue weighted by molar-refractivity contribution is 7.89. The van der Waals surface area contributed by atoms with Crippen LogP contribution in [0.25, 0.3) is 0 Å². The average Bonchev–Trinajstić information content (AvgIpc) is 3.11. The highest BCUT2D eigenvalue weighted by Crippen LogP contribution is 2.26. The Morgan fingerprint density at radius 2 is 1.72 bits per heavy atom. The number of carbonyl (C=O) groups excluding carboxylic acids is 3. The number of ether oxygens (including phenoxy) is 1. The van der Waals surface area contributed by atoms with Crippen LogP contribution in [0.5, 0.6) is 0 Å². The van der Waals surface area contributed by atoms with Crippen molar-refractivity contribution in [1.82, 2.24) is 9.21 Å². The number of benzene rings is 1. The van der Waals surface area contributed by atoms with Gasteiger partial charge in [-0.05, 0) is 48.9 Å². The molecular weight excluding hydrogens is 396 g/mol. The second-order valence-corrected chi connectivity index (χ2v) is 9.85. The number of esters is 1. The van der Waals surface area contributed by atoms with E-state index in [4.69, 9.17) is 4.74 Å². The maximum atomic E-state index is 12.9. The summed E-state index contributed by atoms with van der Waals surface area (Å²) in [6, 6.07) is 5.50. The Balaban J connectivity index is 1.62. The van der Waals surface area contributed by atoms with E-state index in [1.807, 2.05) is 13.8 Å². The first kappa shape index (κ1) is 21.4. The molecule has 2 saturated heterocycles. The van der Waals surface area contributed by atoms with Gasteiger partial charge in [0, 0.05) is 26.1 Å². The van der Waals surface area contributed by atoms with E-state index >= 15 is 0 Å². The first-order valence-corrected chi connectivity index (χ1v) is 11.2. The minimum Gasteiger partial charge on any atom is -0.452 e. The second kappa shape index (κ2) is 8.62. The number of nitrogens with zero attached hydrogens (tertiary/aromatic N) is 2. The molecule has 8 nitrogen and oxygen atoms in total. The summed E-state index contributed by atoms with van der Waals surface area (Å²) in [5, 5.41) is 0. The third kappa shape index (κ3) is 4.84. The van der Waals surface area contributed by atoms with Gasteiger partial charge in [0.05, 0.1) is 10.5 Å². The summed E-state index contributed by atoms with van der Waals surface area (Å²) >= 11 is 0. The van der Waals surface area contributed by atoms with Gasteiger partial charge >= 0.3 is 5.97 Å². The molecule has 2 heterocycles. The molecule has 0 radical (unpaired) electrons. The van der Waals surface area contributed by atoms with E-state index in [2.05, 4.69) is 0 Å². The van der Waals surface area contributed by atoms with E-state index in [1.54, 1.807) is 0 Å². The summed E-state index contributed by atoms with van der Waals surface area (Å²) in [7, 11) is -3.63. The van der Waals surface area contributed by atoms with Gasteiger partial charge < -0.3 is 4.74 Å². The molecule has 2 amide bonds. The lowest BCUT2D eigenvalue weighted by atomic mass is 9.94. The van der Waals surface area contributed by atoms with Crippen LogP contribution >= 0.6 is 0 Å². The minimum absolute atomic E-state index is 0.120. The lowest BCUT2D eigenvalue weighted by Crippen LogP contribution is -2.42. The van der Waals surface area contributed by atoms with E-state index < -0.39 is 28.5 Å². The molecule has 0 N–H and O–H groups in total. The fourth-order valence-corrected chi connectivity index (χ4v) is 5.59. The van der Waals surface area contributed by atoms with Crippen LogP contribution in [0.2, 0.25) is 0 Å². The molecule has 2 aliphatic rings. The molecule has 0 saturated carbocycles. The maximum Gasteiger partial charge on any atom is 0.338 e. The number of hydrogen-bond acceptors (Lipinski definition) is 6. The van der Waals surface area contributed by atoms with Crippen LogP contribution in [0, 0.1) is 11.8 Å². The fraction of sp³-hybridized carbons (Fsp3) is 0.550. The topological polar surface area (TPSA) is 101 Å². The summed E-state index contributed by atoms with van der Waals surface area (Å²) < 4.78 is 32.2. The number of sulfonamides is 1. The first-order chi connectivity index (χ1) is 13.7. The predicted octanol–water partition coefficient (Wildman–Crippen LogP) is 1.66. The molecule has 3 rings (SSSR count). The summed E-state index contributed by atoms with van der Waals surface area (Å²) in [6.07, 6.45) is 1.94. The Labute approximate surface area is 170 Å². The Morgan fingerprint density at radius 3 is 2.28 bits per heavy atom. The van der Waals surface area contributed by atoms with Gasteiger partial charge in [0.2, 0.25) is 15.9 Å². The van der Waals surface area contributed by atoms with Crippen LogP contribution in [0.3, 0.4) is 0 Å². The molecule has 158 valence electrons. The Morgan fingerprint density at radius 1 is 1.10 bits per heavy atom. The molecule has 2 aliphatic heterocycles. The van der Waals surface area contributed by atoms with E-state index in [1.165, 1.54) is 28.6 Å². The van der Waals surface area contributed by atoms with Gasteiger partial charge in [0.1, 0.15) is 0 Å². The first-order valence-electron chi connectivity index (χ1n) is 9.79. The normalized spacial score (nSPS) is 23.2. The van der Waals surface area contributed by atoms with Crippen LogP contribution in [0.15, 0.2) is 29.2 Å². The molecule has 0 aliphatic carbocycles. The van der Waals surface area contributed by atoms with E-state index in [-0.39, 0.29) is 16.4 Å². The highest BCUT2D eigenvalue weighted by atomic mass is 32.2. The van der Waals surface area contributed by atoms with Crippen molar-refractivity contribution in [2.24, 2.45) is 11.8 Å². The fourth-order valence-electron chi connectivity index (χ4n) is 3.91. The quantitative estimate of drug-likeness (QED) is 0.669. The summed E-state index contributed by atoms with van der Waals surface area (Å²) in [5.41, 5.74) is 0.143. The van der Waals surface area contributed by atoms with Crippen LogP contribution < -0.4 is 0 Å². The van der Waals surface area contributed by atoms with Gasteiger partial charge in [-0.25, -0.2) is 13.2 Å². The lowest BCUT2D eigenvalue weighted by molar-refractivity contribution is -0.143. The summed E-state index contributed by atoms with van der Waals surface area (Å²) in [4.78, 5) is 36.8. The van der Waals surface area contributed by atoms with Gasteiger partial charge in [-0.3, -0.25) is 14.5 Å². The maximum absolute atomic E-state index is 12.9. The number of imide groups is 1. The van der Waals surface area contributed by atoms with Gasteiger partial charge in [0.25, 0.3) is 5.91 Å². The van der Waals surface area contributed by atoms with Crippen molar-refractivity contribution in [2.75, 3.05) is 26.2 Å². The zero-order chi connectivity index (χ0) is 21.2. The Bertz CT molecular complexity index is 886. The number of carbonyl (C=O) groups is 3. The van der Waals surface area contributed by atoms with Crippen molar-refractivity contribution in [1.29, 1.82) is 0 Å². The molecule has 0 unspecified atom stereocenters. The summed E-state index contributed by atoms with van der Waals surface area (Å²) in [6.45, 7) is 4.86. The van der Waals surface area contributed by atoms with Gasteiger partial charge in [-0.1, -0.05) is 13.8 Å². The number of rotatable bonds is 5. The molecule has 1 aromatic carbocycles. The van der Waals surface area contributed by atoms with Crippen molar-refractivity contribution >= 4 is 27.8 Å². The predicted molar refractivity (Wildman–Crippen MR) is 104 cm³/mol. The van der Waals surface area contributed by atoms with E-state index in [9.17, 15) is 22.8 Å². The molecule has 29 heavy (non-hydrogen) atoms. The molecule has 9 heteroatoms. The Hall–Kier alpha value is -2.26. The number of piperidine rings is 1. The van der Waals surface area contributed by atoms with Crippen LogP contribution in [0.4, 0.5) is 0 Å². The van der Waals surface area contributed by atoms with Crippen molar-refractivity contribution in [3.8, 4) is 0 Å². The number of hydrogen-bond donors (Lipinski definition) is 0. The third-order valence-corrected chi connectivity index (χ3v) is 7.11. The van der Waals surface area contributed by atoms with Gasteiger partial charge in [-0.2, -0.15) is 4.31 Å². The SMILES string of the molecule is C[C@H]1C[C@H](C)CN(S(=O)(=O)c2ccc(C(=O)OCC(=O)N3CCCC3=O)cc2)C1. The lowest BCUT2D eigenvalue weighted by Gasteiger charge is -2.34. The number of amides is 2. The molecule has 0 spiro atoms. The van der Waals surface area contributed by atoms with Crippen molar-refractivity contribution in [3.63, 3.8) is 0 Å². The average molecular weight is 423 g/mol. The van der Waals surface area contributed by atoms with Crippen molar-refractivity contribution in [2.45, 2.75) is 38.0 Å². The second-order valence-electron chi connectivity index (χ2n) is 7.91. The molecule has 0 bridgehead atoms. The zero-order valence-electron chi connectivity index (χ0n) is 16.7. The molecule has 2 fully saturated rings. The molecule has 1 aromatic rings. The zero-order valence-corrected chi connectivity index (χ0v) is 17.5. The largest absolute Gasteiger partial charge is 0.452 e. The van der Waals surface area contributed by atoms with E-state index in [0.717, 1.165) is 11.3 Å². The third-order valence-electron chi connectivity index (χ3n) is 5.26. The van der Waals surface area contributed by atoms with Crippen LogP contribution in [0.1, 0.15) is 43.5 Å². The van der Waals surface area contributed by atoms with Crippen molar-refractivity contribution < 1.29 is 27.5 Å². The molecular formula is C20H26N2O6S. The number of likely N-dealkylation sites (tertiary alicyclic amines) is 1.